The average molecular weight is 421 g/mol. The molecule has 156 valence electrons. The standard InChI is InChI=1S/C20H15N5O6/c26-14(27)9-22-18(29)15-16(28)12-7-4-8-21-17(12)25(20(15)30)10-13-23-19(31-24-13)11-5-2-1-3-6-11/h1-8,28H,9-10H2,(H,22,29)(H,26,27). The number of carboxylic acids is 1. The first-order valence-corrected chi connectivity index (χ1v) is 9.04. The first-order valence-electron chi connectivity index (χ1n) is 9.04. The lowest BCUT2D eigenvalue weighted by molar-refractivity contribution is -0.135. The van der Waals surface area contributed by atoms with Crippen molar-refractivity contribution in [2.75, 3.05) is 6.54 Å². The van der Waals surface area contributed by atoms with Crippen molar-refractivity contribution in [3.8, 4) is 17.2 Å². The van der Waals surface area contributed by atoms with Crippen molar-refractivity contribution in [1.82, 2.24) is 25.0 Å². The summed E-state index contributed by atoms with van der Waals surface area (Å²) in [5.41, 5.74) is -0.687. The summed E-state index contributed by atoms with van der Waals surface area (Å²) in [6.45, 7) is -0.907. The van der Waals surface area contributed by atoms with Crippen molar-refractivity contribution in [3.05, 3.63) is 70.4 Å². The second kappa shape index (κ2) is 8.06. The number of hydrogen-bond acceptors (Lipinski definition) is 8. The fraction of sp³-hybridized carbons (Fsp3) is 0.100. The molecule has 0 spiro atoms. The molecular formula is C20H15N5O6. The first-order chi connectivity index (χ1) is 15.0. The van der Waals surface area contributed by atoms with E-state index in [2.05, 4.69) is 20.4 Å². The van der Waals surface area contributed by atoms with Gasteiger partial charge >= 0.3 is 5.97 Å². The van der Waals surface area contributed by atoms with Gasteiger partial charge in [-0.2, -0.15) is 4.98 Å². The van der Waals surface area contributed by atoms with Crippen LogP contribution in [0.1, 0.15) is 16.2 Å². The van der Waals surface area contributed by atoms with Gasteiger partial charge in [-0.25, -0.2) is 4.98 Å². The van der Waals surface area contributed by atoms with E-state index in [1.165, 1.54) is 18.3 Å². The minimum atomic E-state index is -1.30. The summed E-state index contributed by atoms with van der Waals surface area (Å²) in [5.74, 6) is -2.52. The molecule has 0 aliphatic carbocycles. The quantitative estimate of drug-likeness (QED) is 0.413. The highest BCUT2D eigenvalue weighted by Crippen LogP contribution is 2.25. The zero-order chi connectivity index (χ0) is 22.0. The van der Waals surface area contributed by atoms with E-state index in [0.29, 0.717) is 5.56 Å². The van der Waals surface area contributed by atoms with Crippen molar-refractivity contribution in [1.29, 1.82) is 0 Å². The Kier molecular flexibility index (Phi) is 5.14. The maximum atomic E-state index is 13.0. The van der Waals surface area contributed by atoms with Crippen molar-refractivity contribution in [3.63, 3.8) is 0 Å². The van der Waals surface area contributed by atoms with Crippen LogP contribution in [0.15, 0.2) is 58.0 Å². The molecule has 11 nitrogen and oxygen atoms in total. The Hall–Kier alpha value is -4.54. The van der Waals surface area contributed by atoms with Crippen molar-refractivity contribution < 1.29 is 24.3 Å². The zero-order valence-electron chi connectivity index (χ0n) is 15.8. The number of aromatic nitrogens is 4. The van der Waals surface area contributed by atoms with Gasteiger partial charge in [0.2, 0.25) is 0 Å². The third kappa shape index (κ3) is 3.83. The molecule has 1 aromatic carbocycles. The number of hydrogen-bond donors (Lipinski definition) is 3. The fourth-order valence-corrected chi connectivity index (χ4v) is 3.02. The third-order valence-corrected chi connectivity index (χ3v) is 4.41. The van der Waals surface area contributed by atoms with Gasteiger partial charge in [0.25, 0.3) is 17.4 Å². The highest BCUT2D eigenvalue weighted by Gasteiger charge is 2.24. The van der Waals surface area contributed by atoms with E-state index in [1.54, 1.807) is 12.1 Å². The number of aliphatic carboxylic acids is 1. The SMILES string of the molecule is O=C(O)CNC(=O)c1c(O)c2cccnc2n(Cc2noc(-c3ccccc3)n2)c1=O. The monoisotopic (exact) mass is 421 g/mol. The van der Waals surface area contributed by atoms with Crippen LogP contribution in [-0.2, 0) is 11.3 Å². The Morgan fingerprint density at radius 3 is 2.65 bits per heavy atom. The summed E-state index contributed by atoms with van der Waals surface area (Å²) in [6, 6.07) is 12.0. The van der Waals surface area contributed by atoms with E-state index in [4.69, 9.17) is 9.63 Å². The van der Waals surface area contributed by atoms with Gasteiger partial charge in [-0.15, -0.1) is 0 Å². The van der Waals surface area contributed by atoms with Crippen LogP contribution in [0, 0.1) is 0 Å². The molecule has 4 rings (SSSR count). The van der Waals surface area contributed by atoms with Gasteiger partial charge in [-0.05, 0) is 24.3 Å². The van der Waals surface area contributed by atoms with Crippen molar-refractivity contribution >= 4 is 22.9 Å². The molecule has 3 heterocycles. The molecule has 11 heteroatoms. The molecular weight excluding hydrogens is 406 g/mol. The summed E-state index contributed by atoms with van der Waals surface area (Å²) >= 11 is 0. The van der Waals surface area contributed by atoms with Crippen molar-refractivity contribution in [2.24, 2.45) is 0 Å². The Morgan fingerprint density at radius 2 is 1.90 bits per heavy atom. The Bertz CT molecular complexity index is 1350. The normalized spacial score (nSPS) is 10.8. The summed E-state index contributed by atoms with van der Waals surface area (Å²) in [6.07, 6.45) is 1.42. The summed E-state index contributed by atoms with van der Waals surface area (Å²) in [5, 5.41) is 25.4. The molecule has 0 atom stereocenters. The number of carbonyl (C=O) groups excluding carboxylic acids is 1. The van der Waals surface area contributed by atoms with Crippen LogP contribution in [0.5, 0.6) is 5.75 Å². The third-order valence-electron chi connectivity index (χ3n) is 4.41. The van der Waals surface area contributed by atoms with Crippen LogP contribution in [-0.4, -0.2) is 48.3 Å². The molecule has 1 amide bonds. The van der Waals surface area contributed by atoms with Crippen LogP contribution in [0.2, 0.25) is 0 Å². The lowest BCUT2D eigenvalue weighted by Crippen LogP contribution is -2.36. The van der Waals surface area contributed by atoms with Crippen LogP contribution in [0.25, 0.3) is 22.5 Å². The molecule has 0 unspecified atom stereocenters. The molecule has 3 N–H and O–H groups in total. The second-order valence-corrected chi connectivity index (χ2v) is 6.45. The van der Waals surface area contributed by atoms with E-state index in [9.17, 15) is 19.5 Å². The Labute approximate surface area is 173 Å². The minimum absolute atomic E-state index is 0.103. The molecule has 0 aliphatic heterocycles. The number of nitrogens with one attached hydrogen (secondary N) is 1. The van der Waals surface area contributed by atoms with Gasteiger partial charge < -0.3 is 20.1 Å². The molecule has 0 radical (unpaired) electrons. The molecule has 0 saturated heterocycles. The van der Waals surface area contributed by atoms with E-state index in [-0.39, 0.29) is 29.3 Å². The molecule has 31 heavy (non-hydrogen) atoms. The Balaban J connectivity index is 1.79. The Morgan fingerprint density at radius 1 is 1.13 bits per heavy atom. The number of benzene rings is 1. The maximum Gasteiger partial charge on any atom is 0.322 e. The molecule has 0 bridgehead atoms. The summed E-state index contributed by atoms with van der Waals surface area (Å²) in [4.78, 5) is 44.6. The van der Waals surface area contributed by atoms with Gasteiger partial charge in [-0.3, -0.25) is 19.0 Å². The number of nitrogens with zero attached hydrogens (tertiary/aromatic N) is 4. The molecule has 4 aromatic rings. The minimum Gasteiger partial charge on any atom is -0.506 e. The number of carboxylic acid groups (broad SMARTS) is 1. The predicted octanol–water partition coefficient (Wildman–Crippen LogP) is 1.01. The lowest BCUT2D eigenvalue weighted by atomic mass is 10.1. The van der Waals surface area contributed by atoms with Crippen LogP contribution >= 0.6 is 0 Å². The zero-order valence-corrected chi connectivity index (χ0v) is 15.8. The van der Waals surface area contributed by atoms with Gasteiger partial charge in [0.1, 0.15) is 23.5 Å². The van der Waals surface area contributed by atoms with Gasteiger partial charge in [-0.1, -0.05) is 23.4 Å². The smallest absolute Gasteiger partial charge is 0.322 e. The average Bonchev–Trinajstić information content (AvgIpc) is 3.25. The van der Waals surface area contributed by atoms with Crippen LogP contribution in [0.3, 0.4) is 0 Å². The highest BCUT2D eigenvalue weighted by molar-refractivity contribution is 6.02. The topological polar surface area (TPSA) is 160 Å². The van der Waals surface area contributed by atoms with E-state index < -0.39 is 35.3 Å². The number of pyridine rings is 2. The fourth-order valence-electron chi connectivity index (χ4n) is 3.02. The number of aromatic hydroxyl groups is 1. The van der Waals surface area contributed by atoms with Gasteiger partial charge in [0, 0.05) is 11.8 Å². The van der Waals surface area contributed by atoms with Crippen LogP contribution in [0.4, 0.5) is 0 Å². The predicted molar refractivity (Wildman–Crippen MR) is 106 cm³/mol. The van der Waals surface area contributed by atoms with Gasteiger partial charge in [0.05, 0.1) is 11.9 Å². The van der Waals surface area contributed by atoms with E-state index >= 15 is 0 Å². The summed E-state index contributed by atoms with van der Waals surface area (Å²) < 4.78 is 6.37. The molecule has 0 saturated carbocycles. The lowest BCUT2D eigenvalue weighted by Gasteiger charge is -2.12. The summed E-state index contributed by atoms with van der Waals surface area (Å²) in [7, 11) is 0. The number of amides is 1. The van der Waals surface area contributed by atoms with Gasteiger partial charge in [0.15, 0.2) is 5.82 Å². The molecule has 0 aliphatic rings. The molecule has 3 aromatic heterocycles. The second-order valence-electron chi connectivity index (χ2n) is 6.45. The number of rotatable bonds is 6. The molecule has 0 fully saturated rings. The van der Waals surface area contributed by atoms with E-state index in [1.807, 2.05) is 18.2 Å². The largest absolute Gasteiger partial charge is 0.506 e. The number of fused-ring (bicyclic) bond motifs is 1. The van der Waals surface area contributed by atoms with Crippen molar-refractivity contribution in [2.45, 2.75) is 6.54 Å². The first kappa shape index (κ1) is 19.8. The highest BCUT2D eigenvalue weighted by atomic mass is 16.5. The number of carbonyl (C=O) groups is 2. The maximum absolute atomic E-state index is 13.0. The van der Waals surface area contributed by atoms with E-state index in [0.717, 1.165) is 4.57 Å². The van der Waals surface area contributed by atoms with Crippen LogP contribution < -0.4 is 10.9 Å².